The predicted octanol–water partition coefficient (Wildman–Crippen LogP) is 2.03. The minimum absolute atomic E-state index is 0.0196. The number of hydrogen-bond donors (Lipinski definition) is 1. The quantitative estimate of drug-likeness (QED) is 0.702. The minimum atomic E-state index is -3.75. The van der Waals surface area contributed by atoms with Crippen molar-refractivity contribution in [3.63, 3.8) is 0 Å². The lowest BCUT2D eigenvalue weighted by atomic mass is 10.2. The maximum atomic E-state index is 12.5. The monoisotopic (exact) mass is 386 g/mol. The molecule has 1 aromatic carbocycles. The molecule has 1 aromatic heterocycles. The van der Waals surface area contributed by atoms with Crippen molar-refractivity contribution in [3.05, 3.63) is 54.0 Å². The highest BCUT2D eigenvalue weighted by Crippen LogP contribution is 2.14. The van der Waals surface area contributed by atoms with E-state index in [9.17, 15) is 13.2 Å². The number of rotatable bonds is 9. The van der Waals surface area contributed by atoms with Crippen LogP contribution in [0.2, 0.25) is 0 Å². The molecule has 0 unspecified atom stereocenters. The zero-order valence-electron chi connectivity index (χ0n) is 14.5. The van der Waals surface area contributed by atoms with Crippen LogP contribution in [0, 0.1) is 22.7 Å². The van der Waals surface area contributed by atoms with Crippen molar-refractivity contribution >= 4 is 15.9 Å². The third-order valence-corrected chi connectivity index (χ3v) is 5.12. The average Bonchev–Trinajstić information content (AvgIpc) is 3.20. The molecule has 0 atom stereocenters. The molecular formula is C18H18N4O4S. The van der Waals surface area contributed by atoms with Crippen molar-refractivity contribution in [1.29, 1.82) is 10.5 Å². The number of nitrogens with zero attached hydrogens (tertiary/aromatic N) is 3. The Hall–Kier alpha value is -3.14. The van der Waals surface area contributed by atoms with E-state index >= 15 is 0 Å². The standard InChI is InChI=1S/C18H18N4O4S/c19-9-2-11-22(12-3-10-20)18(23)15-5-7-17(8-6-15)27(24,25)21-14-16-4-1-13-26-16/h1,4-8,13,21H,2-3,11-12,14H2. The number of furan rings is 1. The summed E-state index contributed by atoms with van der Waals surface area (Å²) < 4.78 is 32.1. The normalized spacial score (nSPS) is 10.7. The number of nitriles is 2. The second kappa shape index (κ2) is 9.53. The molecule has 0 fully saturated rings. The molecule has 9 heteroatoms. The van der Waals surface area contributed by atoms with Crippen LogP contribution >= 0.6 is 0 Å². The van der Waals surface area contributed by atoms with E-state index in [-0.39, 0.29) is 48.8 Å². The molecule has 8 nitrogen and oxygen atoms in total. The van der Waals surface area contributed by atoms with Crippen LogP contribution in [0.3, 0.4) is 0 Å². The molecule has 0 spiro atoms. The van der Waals surface area contributed by atoms with Crippen LogP contribution in [0.15, 0.2) is 52.0 Å². The Balaban J connectivity index is 2.09. The van der Waals surface area contributed by atoms with Gasteiger partial charge in [0.05, 0.1) is 42.7 Å². The number of sulfonamides is 1. The van der Waals surface area contributed by atoms with Gasteiger partial charge in [-0.1, -0.05) is 0 Å². The van der Waals surface area contributed by atoms with Crippen molar-refractivity contribution in [2.24, 2.45) is 0 Å². The summed E-state index contributed by atoms with van der Waals surface area (Å²) in [6.07, 6.45) is 1.76. The van der Waals surface area contributed by atoms with Gasteiger partial charge in [0.15, 0.2) is 0 Å². The first-order chi connectivity index (χ1) is 13.0. The van der Waals surface area contributed by atoms with Crippen LogP contribution in [0.25, 0.3) is 0 Å². The average molecular weight is 386 g/mol. The van der Waals surface area contributed by atoms with Crippen molar-refractivity contribution in [3.8, 4) is 12.1 Å². The van der Waals surface area contributed by atoms with Crippen LogP contribution in [-0.4, -0.2) is 32.3 Å². The summed E-state index contributed by atoms with van der Waals surface area (Å²) in [7, 11) is -3.75. The largest absolute Gasteiger partial charge is 0.468 e. The van der Waals surface area contributed by atoms with Crippen LogP contribution in [0.1, 0.15) is 29.0 Å². The van der Waals surface area contributed by atoms with E-state index in [4.69, 9.17) is 14.9 Å². The minimum Gasteiger partial charge on any atom is -0.468 e. The van der Waals surface area contributed by atoms with Crippen molar-refractivity contribution in [2.45, 2.75) is 24.3 Å². The first-order valence-electron chi connectivity index (χ1n) is 8.13. The molecule has 0 aliphatic heterocycles. The molecule has 1 amide bonds. The Morgan fingerprint density at radius 1 is 1.07 bits per heavy atom. The summed E-state index contributed by atoms with van der Waals surface area (Å²) in [4.78, 5) is 14.0. The summed E-state index contributed by atoms with van der Waals surface area (Å²) in [5.74, 6) is 0.129. The van der Waals surface area contributed by atoms with Gasteiger partial charge in [-0.15, -0.1) is 0 Å². The number of carbonyl (C=O) groups is 1. The fourth-order valence-corrected chi connectivity index (χ4v) is 3.30. The molecule has 0 radical (unpaired) electrons. The van der Waals surface area contributed by atoms with Crippen LogP contribution in [0.4, 0.5) is 0 Å². The summed E-state index contributed by atoms with van der Waals surface area (Å²) in [6, 6.07) is 12.7. The van der Waals surface area contributed by atoms with Crippen molar-refractivity contribution in [1.82, 2.24) is 9.62 Å². The molecule has 1 N–H and O–H groups in total. The van der Waals surface area contributed by atoms with Crippen molar-refractivity contribution in [2.75, 3.05) is 13.1 Å². The van der Waals surface area contributed by atoms with E-state index in [2.05, 4.69) is 4.72 Å². The maximum absolute atomic E-state index is 12.5. The number of benzene rings is 1. The van der Waals surface area contributed by atoms with Gasteiger partial charge in [-0.25, -0.2) is 13.1 Å². The van der Waals surface area contributed by atoms with E-state index in [1.807, 2.05) is 12.1 Å². The lowest BCUT2D eigenvalue weighted by molar-refractivity contribution is 0.0762. The molecule has 2 rings (SSSR count). The first-order valence-corrected chi connectivity index (χ1v) is 9.61. The predicted molar refractivity (Wildman–Crippen MR) is 95.5 cm³/mol. The van der Waals surface area contributed by atoms with E-state index in [0.29, 0.717) is 5.76 Å². The third kappa shape index (κ3) is 5.68. The molecule has 0 saturated carbocycles. The highest BCUT2D eigenvalue weighted by atomic mass is 32.2. The van der Waals surface area contributed by atoms with E-state index in [1.54, 1.807) is 12.1 Å². The van der Waals surface area contributed by atoms with Crippen LogP contribution in [0.5, 0.6) is 0 Å². The molecule has 27 heavy (non-hydrogen) atoms. The first kappa shape index (κ1) is 20.2. The van der Waals surface area contributed by atoms with E-state index in [1.165, 1.54) is 35.4 Å². The fourth-order valence-electron chi connectivity index (χ4n) is 2.31. The zero-order valence-corrected chi connectivity index (χ0v) is 15.3. The molecule has 140 valence electrons. The maximum Gasteiger partial charge on any atom is 0.253 e. The highest BCUT2D eigenvalue weighted by molar-refractivity contribution is 7.89. The van der Waals surface area contributed by atoms with Crippen LogP contribution in [-0.2, 0) is 16.6 Å². The van der Waals surface area contributed by atoms with Gasteiger partial charge in [0.25, 0.3) is 5.91 Å². The second-order valence-corrected chi connectivity index (χ2v) is 7.30. The Kier molecular flexibility index (Phi) is 7.12. The highest BCUT2D eigenvalue weighted by Gasteiger charge is 2.18. The zero-order chi connectivity index (χ0) is 19.7. The van der Waals surface area contributed by atoms with Crippen molar-refractivity contribution < 1.29 is 17.6 Å². The fraction of sp³-hybridized carbons (Fsp3) is 0.278. The molecular weight excluding hydrogens is 368 g/mol. The third-order valence-electron chi connectivity index (χ3n) is 3.70. The SMILES string of the molecule is N#CCCN(CCC#N)C(=O)c1ccc(S(=O)(=O)NCc2ccco2)cc1. The lowest BCUT2D eigenvalue weighted by Gasteiger charge is -2.20. The topological polar surface area (TPSA) is 127 Å². The van der Waals surface area contributed by atoms with Gasteiger partial charge in [0.1, 0.15) is 5.76 Å². The lowest BCUT2D eigenvalue weighted by Crippen LogP contribution is -2.32. The summed E-state index contributed by atoms with van der Waals surface area (Å²) in [5, 5.41) is 17.4. The molecule has 0 aliphatic rings. The Bertz CT molecular complexity index is 921. The summed E-state index contributed by atoms with van der Waals surface area (Å²) >= 11 is 0. The summed E-state index contributed by atoms with van der Waals surface area (Å²) in [5.41, 5.74) is 0.288. The van der Waals surface area contributed by atoms with Gasteiger partial charge in [-0.05, 0) is 36.4 Å². The van der Waals surface area contributed by atoms with Gasteiger partial charge < -0.3 is 9.32 Å². The smallest absolute Gasteiger partial charge is 0.253 e. The Labute approximate surface area is 157 Å². The molecule has 0 aliphatic carbocycles. The molecule has 0 saturated heterocycles. The Morgan fingerprint density at radius 2 is 1.70 bits per heavy atom. The van der Waals surface area contributed by atoms with Gasteiger partial charge >= 0.3 is 0 Å². The number of hydrogen-bond acceptors (Lipinski definition) is 6. The van der Waals surface area contributed by atoms with Gasteiger partial charge in [0, 0.05) is 18.7 Å². The van der Waals surface area contributed by atoms with E-state index in [0.717, 1.165) is 0 Å². The van der Waals surface area contributed by atoms with E-state index < -0.39 is 10.0 Å². The Morgan fingerprint density at radius 3 is 2.22 bits per heavy atom. The number of amides is 1. The van der Waals surface area contributed by atoms with Gasteiger partial charge in [-0.2, -0.15) is 10.5 Å². The van der Waals surface area contributed by atoms with Gasteiger partial charge in [-0.3, -0.25) is 4.79 Å². The number of carbonyl (C=O) groups excluding carboxylic acids is 1. The molecule has 1 heterocycles. The number of nitrogens with one attached hydrogen (secondary N) is 1. The molecule has 0 bridgehead atoms. The second-order valence-electron chi connectivity index (χ2n) is 5.54. The molecule has 2 aromatic rings. The van der Waals surface area contributed by atoms with Crippen LogP contribution < -0.4 is 4.72 Å². The summed E-state index contributed by atoms with van der Waals surface area (Å²) in [6.45, 7) is 0.440. The van der Waals surface area contributed by atoms with Gasteiger partial charge in [0.2, 0.25) is 10.0 Å².